The fraction of sp³-hybridized carbons (Fsp3) is 0.364. The van der Waals surface area contributed by atoms with Crippen molar-refractivity contribution in [3.05, 3.63) is 34.4 Å². The van der Waals surface area contributed by atoms with E-state index in [1.807, 2.05) is 38.1 Å². The third-order valence-electron chi connectivity index (χ3n) is 5.34. The zero-order valence-corrected chi connectivity index (χ0v) is 19.4. The molecule has 0 bridgehead atoms. The van der Waals surface area contributed by atoms with Crippen molar-refractivity contribution in [2.24, 2.45) is 0 Å². The lowest BCUT2D eigenvalue weighted by molar-refractivity contribution is 0.331. The molecule has 1 aliphatic rings. The molecule has 0 aliphatic carbocycles. The van der Waals surface area contributed by atoms with E-state index >= 15 is 0 Å². The Morgan fingerprint density at radius 1 is 1.03 bits per heavy atom. The van der Waals surface area contributed by atoms with E-state index in [1.165, 1.54) is 19.3 Å². The topological polar surface area (TPSA) is 64.0 Å². The van der Waals surface area contributed by atoms with Crippen molar-refractivity contribution in [3.8, 4) is 17.3 Å². The van der Waals surface area contributed by atoms with Crippen molar-refractivity contribution < 1.29 is 4.74 Å². The average Bonchev–Trinajstić information content (AvgIpc) is 3.14. The molecule has 6 nitrogen and oxygen atoms in total. The number of fused-ring (bicyclic) bond motifs is 3. The second-order valence-electron chi connectivity index (χ2n) is 7.41. The molecule has 1 aliphatic heterocycles. The summed E-state index contributed by atoms with van der Waals surface area (Å²) in [5.41, 5.74) is 2.81. The summed E-state index contributed by atoms with van der Waals surface area (Å²) < 4.78 is 7.90. The standard InChI is InChI=1S/C22H22BrN5OS/c1-3-29-20-18-17(25-22(27-20)28-11-5-4-6-12-28)16-13(2)24-19(26-21(16)30-18)14-7-9-15(23)10-8-14/h7-10H,3-6,11-12H2,1-2H3. The van der Waals surface area contributed by atoms with Crippen LogP contribution in [0.4, 0.5) is 5.95 Å². The van der Waals surface area contributed by atoms with Crippen LogP contribution in [0.15, 0.2) is 28.7 Å². The molecule has 0 amide bonds. The van der Waals surface area contributed by atoms with Crippen LogP contribution in [-0.2, 0) is 0 Å². The van der Waals surface area contributed by atoms with Crippen LogP contribution in [0.1, 0.15) is 31.9 Å². The molecule has 1 fully saturated rings. The van der Waals surface area contributed by atoms with E-state index < -0.39 is 0 Å². The van der Waals surface area contributed by atoms with Gasteiger partial charge in [0.2, 0.25) is 11.8 Å². The zero-order valence-electron chi connectivity index (χ0n) is 17.0. The summed E-state index contributed by atoms with van der Waals surface area (Å²) in [6.45, 7) is 6.55. The summed E-state index contributed by atoms with van der Waals surface area (Å²) in [4.78, 5) is 22.6. The predicted octanol–water partition coefficient (Wildman–Crippen LogP) is 5.76. The summed E-state index contributed by atoms with van der Waals surface area (Å²) in [5, 5.41) is 0.998. The summed E-state index contributed by atoms with van der Waals surface area (Å²) in [5.74, 6) is 2.12. The highest BCUT2D eigenvalue weighted by molar-refractivity contribution is 9.10. The van der Waals surface area contributed by atoms with Crippen molar-refractivity contribution in [2.45, 2.75) is 33.1 Å². The maximum Gasteiger partial charge on any atom is 0.236 e. The molecule has 1 saturated heterocycles. The summed E-state index contributed by atoms with van der Waals surface area (Å²) in [6.07, 6.45) is 3.62. The molecule has 154 valence electrons. The molecule has 0 radical (unpaired) electrons. The SMILES string of the molecule is CCOc1nc(N2CCCCC2)nc2c1sc1nc(-c3ccc(Br)cc3)nc(C)c12. The van der Waals surface area contributed by atoms with Crippen LogP contribution in [0.2, 0.25) is 0 Å². The third kappa shape index (κ3) is 3.52. The Hall–Kier alpha value is -2.32. The molecule has 0 atom stereocenters. The Labute approximate surface area is 187 Å². The number of halogens is 1. The number of nitrogens with zero attached hydrogens (tertiary/aromatic N) is 5. The first-order chi connectivity index (χ1) is 14.6. The lowest BCUT2D eigenvalue weighted by Crippen LogP contribution is -2.31. The van der Waals surface area contributed by atoms with Crippen LogP contribution >= 0.6 is 27.3 Å². The first-order valence-corrected chi connectivity index (χ1v) is 11.9. The van der Waals surface area contributed by atoms with Gasteiger partial charge in [0.05, 0.1) is 17.7 Å². The van der Waals surface area contributed by atoms with Crippen LogP contribution in [0.3, 0.4) is 0 Å². The van der Waals surface area contributed by atoms with E-state index in [2.05, 4.69) is 20.8 Å². The molecule has 0 saturated carbocycles. The highest BCUT2D eigenvalue weighted by atomic mass is 79.9. The molecule has 0 unspecified atom stereocenters. The van der Waals surface area contributed by atoms with Crippen molar-refractivity contribution >= 4 is 53.6 Å². The maximum atomic E-state index is 5.93. The van der Waals surface area contributed by atoms with Crippen molar-refractivity contribution in [2.75, 3.05) is 24.6 Å². The Morgan fingerprint density at radius 3 is 2.53 bits per heavy atom. The van der Waals surface area contributed by atoms with Crippen molar-refractivity contribution in [3.63, 3.8) is 0 Å². The first-order valence-electron chi connectivity index (χ1n) is 10.3. The van der Waals surface area contributed by atoms with Gasteiger partial charge in [0.25, 0.3) is 0 Å². The van der Waals surface area contributed by atoms with Crippen LogP contribution in [0, 0.1) is 6.92 Å². The fourth-order valence-electron chi connectivity index (χ4n) is 3.87. The van der Waals surface area contributed by atoms with Gasteiger partial charge in [-0.05, 0) is 45.2 Å². The minimum Gasteiger partial charge on any atom is -0.477 e. The number of piperidine rings is 1. The molecule has 30 heavy (non-hydrogen) atoms. The Bertz CT molecular complexity index is 1220. The lowest BCUT2D eigenvalue weighted by atomic mass is 10.1. The number of thiophene rings is 1. The van der Waals surface area contributed by atoms with Crippen LogP contribution in [-0.4, -0.2) is 39.6 Å². The van der Waals surface area contributed by atoms with Gasteiger partial charge in [0.15, 0.2) is 5.82 Å². The number of ether oxygens (including phenoxy) is 1. The van der Waals surface area contributed by atoms with Gasteiger partial charge >= 0.3 is 0 Å². The van der Waals surface area contributed by atoms with Crippen molar-refractivity contribution in [1.29, 1.82) is 0 Å². The summed E-state index contributed by atoms with van der Waals surface area (Å²) in [6, 6.07) is 8.06. The van der Waals surface area contributed by atoms with Gasteiger partial charge in [0.1, 0.15) is 15.0 Å². The normalized spacial score (nSPS) is 14.6. The fourth-order valence-corrected chi connectivity index (χ4v) is 5.24. The second kappa shape index (κ2) is 8.07. The quantitative estimate of drug-likeness (QED) is 0.367. The highest BCUT2D eigenvalue weighted by Crippen LogP contribution is 2.39. The molecule has 3 aromatic heterocycles. The van der Waals surface area contributed by atoms with Gasteiger partial charge in [-0.2, -0.15) is 4.98 Å². The number of rotatable bonds is 4. The Morgan fingerprint density at radius 2 is 1.80 bits per heavy atom. The Balaban J connectivity index is 1.70. The van der Waals surface area contributed by atoms with E-state index in [-0.39, 0.29) is 0 Å². The third-order valence-corrected chi connectivity index (χ3v) is 6.93. The second-order valence-corrected chi connectivity index (χ2v) is 9.32. The summed E-state index contributed by atoms with van der Waals surface area (Å²) in [7, 11) is 0. The van der Waals surface area contributed by atoms with Crippen LogP contribution < -0.4 is 9.64 Å². The predicted molar refractivity (Wildman–Crippen MR) is 126 cm³/mol. The van der Waals surface area contributed by atoms with Crippen LogP contribution in [0.5, 0.6) is 5.88 Å². The van der Waals surface area contributed by atoms with E-state index in [1.54, 1.807) is 11.3 Å². The first kappa shape index (κ1) is 19.6. The number of aromatic nitrogens is 4. The largest absolute Gasteiger partial charge is 0.477 e. The van der Waals surface area contributed by atoms with E-state index in [4.69, 9.17) is 24.7 Å². The monoisotopic (exact) mass is 483 g/mol. The molecule has 0 N–H and O–H groups in total. The van der Waals surface area contributed by atoms with Crippen LogP contribution in [0.25, 0.3) is 31.8 Å². The molecular formula is C22H22BrN5OS. The van der Waals surface area contributed by atoms with Gasteiger partial charge in [-0.15, -0.1) is 11.3 Å². The highest BCUT2D eigenvalue weighted by Gasteiger charge is 2.22. The van der Waals surface area contributed by atoms with Gasteiger partial charge < -0.3 is 9.64 Å². The number of hydrogen-bond acceptors (Lipinski definition) is 7. The van der Waals surface area contributed by atoms with Gasteiger partial charge in [0, 0.05) is 23.1 Å². The van der Waals surface area contributed by atoms with Gasteiger partial charge in [-0.25, -0.2) is 15.0 Å². The lowest BCUT2D eigenvalue weighted by Gasteiger charge is -2.26. The number of aryl methyl sites for hydroxylation is 1. The molecule has 0 spiro atoms. The average molecular weight is 484 g/mol. The summed E-state index contributed by atoms with van der Waals surface area (Å²) >= 11 is 5.07. The van der Waals surface area contributed by atoms with E-state index in [0.29, 0.717) is 12.5 Å². The van der Waals surface area contributed by atoms with Gasteiger partial charge in [-0.3, -0.25) is 0 Å². The minimum atomic E-state index is 0.564. The molecule has 8 heteroatoms. The number of hydrogen-bond donors (Lipinski definition) is 0. The Kier molecular flexibility index (Phi) is 5.28. The van der Waals surface area contributed by atoms with E-state index in [0.717, 1.165) is 61.0 Å². The molecule has 4 heterocycles. The zero-order chi connectivity index (χ0) is 20.7. The number of benzene rings is 1. The van der Waals surface area contributed by atoms with E-state index in [9.17, 15) is 0 Å². The number of anilines is 1. The van der Waals surface area contributed by atoms with Crippen molar-refractivity contribution in [1.82, 2.24) is 19.9 Å². The molecular weight excluding hydrogens is 462 g/mol. The minimum absolute atomic E-state index is 0.564. The smallest absolute Gasteiger partial charge is 0.236 e. The molecule has 4 aromatic rings. The van der Waals surface area contributed by atoms with Gasteiger partial charge in [-0.1, -0.05) is 28.1 Å². The maximum absolute atomic E-state index is 5.93. The molecule has 5 rings (SSSR count). The molecule has 1 aromatic carbocycles.